The lowest BCUT2D eigenvalue weighted by Crippen LogP contribution is -2.37. The monoisotopic (exact) mass is 694 g/mol. The molecule has 44 heavy (non-hydrogen) atoms. The topological polar surface area (TPSA) is 9.23 Å². The van der Waals surface area contributed by atoms with Crippen molar-refractivity contribution in [1.29, 1.82) is 0 Å². The Hall–Kier alpha value is -2.56. The summed E-state index contributed by atoms with van der Waals surface area (Å²) in [4.78, 5) is 8.32. The zero-order chi connectivity index (χ0) is 29.7. The molecule has 1 nitrogen and oxygen atoms in total. The summed E-state index contributed by atoms with van der Waals surface area (Å²) in [5, 5.41) is 0. The van der Waals surface area contributed by atoms with Gasteiger partial charge in [-0.2, -0.15) is 0 Å². The molecule has 0 saturated heterocycles. The molecule has 1 fully saturated rings. The molecule has 1 spiro atoms. The fraction of sp³-hybridized carbons (Fsp3) is 0.167. The van der Waals surface area contributed by atoms with Crippen molar-refractivity contribution >= 4 is 124 Å². The molecule has 0 unspecified atom stereocenters. The molecule has 1 saturated carbocycles. The molecule has 214 valence electrons. The van der Waals surface area contributed by atoms with Crippen LogP contribution in [0.15, 0.2) is 71.8 Å². The molecule has 8 heteroatoms. The molecule has 3 aromatic heterocycles. The minimum Gasteiger partial charge on any atom is -0.479 e. The molecule has 0 amide bonds. The maximum absolute atomic E-state index is 7.18. The molecular weight excluding hydrogens is 673 g/mol. The molecular formula is C36H22OS7. The standard InChI is InChI=1S/C36H22OS7/c38-29-20-8-2-3-9-21(20)30(39)24(29)14-18-16-26-33(42-18)35-28(37-36(26)12-6-1-7-13-36)34-27(44-35)17-19(43-34)15-25-31(40)22-10-4-5-11-23(22)32(25)41/h2-5,8-11,14-17H,1,6-7,12-13H2. The van der Waals surface area contributed by atoms with Gasteiger partial charge in [-0.3, -0.25) is 0 Å². The lowest BCUT2D eigenvalue weighted by atomic mass is 9.78. The molecule has 2 aromatic carbocycles. The lowest BCUT2D eigenvalue weighted by molar-refractivity contribution is 0.0267. The second kappa shape index (κ2) is 10.2. The minimum atomic E-state index is -0.291. The van der Waals surface area contributed by atoms with Crippen molar-refractivity contribution in [2.75, 3.05) is 0 Å². The quantitative estimate of drug-likeness (QED) is 0.134. The van der Waals surface area contributed by atoms with Crippen LogP contribution in [0.25, 0.3) is 31.3 Å². The van der Waals surface area contributed by atoms with E-state index in [-0.39, 0.29) is 5.60 Å². The van der Waals surface area contributed by atoms with E-state index in [1.54, 1.807) is 11.3 Å². The summed E-state index contributed by atoms with van der Waals surface area (Å²) in [6.07, 6.45) is 10.1. The van der Waals surface area contributed by atoms with Crippen molar-refractivity contribution < 1.29 is 4.74 Å². The first kappa shape index (κ1) is 27.7. The van der Waals surface area contributed by atoms with Crippen LogP contribution in [0.1, 0.15) is 69.7 Å². The van der Waals surface area contributed by atoms with E-state index in [2.05, 4.69) is 48.6 Å². The van der Waals surface area contributed by atoms with E-state index in [1.165, 1.54) is 48.9 Å². The average Bonchev–Trinajstić information content (AvgIpc) is 3.83. The van der Waals surface area contributed by atoms with Crippen LogP contribution in [0.3, 0.4) is 0 Å². The fourth-order valence-corrected chi connectivity index (χ4v) is 12.3. The van der Waals surface area contributed by atoms with E-state index in [4.69, 9.17) is 53.6 Å². The summed E-state index contributed by atoms with van der Waals surface area (Å²) in [5.41, 5.74) is 7.29. The highest BCUT2D eigenvalue weighted by Gasteiger charge is 2.45. The predicted molar refractivity (Wildman–Crippen MR) is 204 cm³/mol. The summed E-state index contributed by atoms with van der Waals surface area (Å²) in [5.74, 6) is 1.05. The maximum atomic E-state index is 7.18. The third-order valence-corrected chi connectivity index (χ3v) is 14.5. The first-order valence-corrected chi connectivity index (χ1v) is 18.7. The maximum Gasteiger partial charge on any atom is 0.157 e. The van der Waals surface area contributed by atoms with Gasteiger partial charge in [0.25, 0.3) is 0 Å². The number of fused-ring (bicyclic) bond motifs is 8. The zero-order valence-electron chi connectivity index (χ0n) is 23.2. The van der Waals surface area contributed by atoms with Gasteiger partial charge in [0.1, 0.15) is 5.60 Å². The Morgan fingerprint density at radius 1 is 0.614 bits per heavy atom. The predicted octanol–water partition coefficient (Wildman–Crippen LogP) is 11.3. The van der Waals surface area contributed by atoms with E-state index in [9.17, 15) is 0 Å². The Labute approximate surface area is 288 Å². The zero-order valence-corrected chi connectivity index (χ0v) is 28.9. The number of benzene rings is 2. The lowest BCUT2D eigenvalue weighted by Gasteiger charge is -2.40. The summed E-state index contributed by atoms with van der Waals surface area (Å²) in [7, 11) is 0. The number of allylic oxidation sites excluding steroid dienone is 2. The van der Waals surface area contributed by atoms with Crippen LogP contribution in [0.5, 0.6) is 5.75 Å². The number of ether oxygens (including phenoxy) is 1. The molecule has 0 N–H and O–H groups in total. The van der Waals surface area contributed by atoms with Crippen molar-refractivity contribution in [3.63, 3.8) is 0 Å². The molecule has 4 heterocycles. The van der Waals surface area contributed by atoms with Crippen LogP contribution in [0.4, 0.5) is 0 Å². The van der Waals surface area contributed by atoms with Crippen molar-refractivity contribution in [2.24, 2.45) is 0 Å². The van der Waals surface area contributed by atoms with Crippen LogP contribution >= 0.6 is 82.9 Å². The molecule has 9 rings (SSSR count). The molecule has 3 aliphatic carbocycles. The molecule has 1 aliphatic heterocycles. The third-order valence-electron chi connectivity index (χ3n) is 9.13. The highest BCUT2D eigenvalue weighted by molar-refractivity contribution is 7.84. The summed E-state index contributed by atoms with van der Waals surface area (Å²) in [6, 6.07) is 21.1. The smallest absolute Gasteiger partial charge is 0.157 e. The first-order chi connectivity index (χ1) is 21.4. The highest BCUT2D eigenvalue weighted by atomic mass is 32.1. The molecule has 5 aromatic rings. The summed E-state index contributed by atoms with van der Waals surface area (Å²) in [6.45, 7) is 0. The van der Waals surface area contributed by atoms with Crippen molar-refractivity contribution in [2.45, 2.75) is 37.7 Å². The van der Waals surface area contributed by atoms with E-state index < -0.39 is 0 Å². The first-order valence-electron chi connectivity index (χ1n) is 14.6. The van der Waals surface area contributed by atoms with Gasteiger partial charge in [0.05, 0.1) is 38.6 Å². The Bertz CT molecular complexity index is 2130. The van der Waals surface area contributed by atoms with E-state index in [0.29, 0.717) is 0 Å². The number of hydrogen-bond donors (Lipinski definition) is 0. The van der Waals surface area contributed by atoms with E-state index in [0.717, 1.165) is 76.3 Å². The largest absolute Gasteiger partial charge is 0.479 e. The number of rotatable bonds is 2. The third kappa shape index (κ3) is 4.02. The highest BCUT2D eigenvalue weighted by Crippen LogP contribution is 2.60. The Morgan fingerprint density at radius 2 is 1.14 bits per heavy atom. The second-order valence-electron chi connectivity index (χ2n) is 11.7. The van der Waals surface area contributed by atoms with Crippen molar-refractivity contribution in [3.8, 4) is 15.5 Å². The normalized spacial score (nSPS) is 18.0. The van der Waals surface area contributed by atoms with Gasteiger partial charge in [-0.25, -0.2) is 0 Å². The van der Waals surface area contributed by atoms with Gasteiger partial charge in [-0.1, -0.05) is 104 Å². The molecule has 0 radical (unpaired) electrons. The van der Waals surface area contributed by atoms with Crippen molar-refractivity contribution in [3.05, 3.63) is 109 Å². The number of thiocarbonyl (C=S) groups is 4. The van der Waals surface area contributed by atoms with Crippen LogP contribution in [-0.2, 0) is 5.60 Å². The van der Waals surface area contributed by atoms with Gasteiger partial charge >= 0.3 is 0 Å². The Kier molecular flexibility index (Phi) is 6.44. The number of thiophene rings is 3. The van der Waals surface area contributed by atoms with Gasteiger partial charge in [0.2, 0.25) is 0 Å². The SMILES string of the molecule is S=C1C(=Cc2cc3c(s2)-c2sc4cc(C=C5C(=S)c6ccccc6C5=S)sc4c2OC32CCCCC2)C(=S)c2ccccc21. The van der Waals surface area contributed by atoms with Crippen LogP contribution in [0, 0.1) is 0 Å². The Balaban J connectivity index is 1.14. The number of hydrogen-bond acceptors (Lipinski definition) is 8. The van der Waals surface area contributed by atoms with Crippen LogP contribution in [0.2, 0.25) is 0 Å². The molecule has 0 bridgehead atoms. The minimum absolute atomic E-state index is 0.291. The Morgan fingerprint density at radius 3 is 1.68 bits per heavy atom. The molecule has 0 atom stereocenters. The van der Waals surface area contributed by atoms with E-state index in [1.807, 2.05) is 46.9 Å². The average molecular weight is 695 g/mol. The van der Waals surface area contributed by atoms with Crippen LogP contribution in [-0.4, -0.2) is 19.5 Å². The summed E-state index contributed by atoms with van der Waals surface area (Å²) < 4.78 is 9.65. The van der Waals surface area contributed by atoms with Gasteiger partial charge in [-0.05, 0) is 50.0 Å². The van der Waals surface area contributed by atoms with Gasteiger partial charge in [0.15, 0.2) is 5.75 Å². The van der Waals surface area contributed by atoms with Crippen molar-refractivity contribution in [1.82, 2.24) is 0 Å². The van der Waals surface area contributed by atoms with Gasteiger partial charge in [0, 0.05) is 48.7 Å². The van der Waals surface area contributed by atoms with E-state index >= 15 is 0 Å². The van der Waals surface area contributed by atoms with Gasteiger partial charge < -0.3 is 4.74 Å². The fourth-order valence-electron chi connectivity index (χ4n) is 7.02. The summed E-state index contributed by atoms with van der Waals surface area (Å²) >= 11 is 29.0. The van der Waals surface area contributed by atoms with Gasteiger partial charge in [-0.15, -0.1) is 34.0 Å². The molecule has 4 aliphatic rings. The van der Waals surface area contributed by atoms with Crippen LogP contribution < -0.4 is 4.74 Å². The second-order valence-corrected chi connectivity index (χ2v) is 16.5.